The van der Waals surface area contributed by atoms with Gasteiger partial charge in [0.05, 0.1) is 12.7 Å². The second-order valence-electron chi connectivity index (χ2n) is 2.12. The van der Waals surface area contributed by atoms with Gasteiger partial charge in [-0.25, -0.2) is 9.98 Å². The Balaban J connectivity index is 2.27. The number of nitrogens with one attached hydrogen (secondary N) is 2. The van der Waals surface area contributed by atoms with Crippen molar-refractivity contribution in [3.63, 3.8) is 0 Å². The van der Waals surface area contributed by atoms with Crippen LogP contribution in [0.5, 0.6) is 0 Å². The molecule has 2 N–H and O–H groups in total. The zero-order valence-electron chi connectivity index (χ0n) is 5.11. The maximum Gasteiger partial charge on any atom is 0.251 e. The molecule has 0 aliphatic carbocycles. The van der Waals surface area contributed by atoms with E-state index >= 15 is 0 Å². The van der Waals surface area contributed by atoms with Crippen LogP contribution in [0.4, 0.5) is 0 Å². The molecule has 2 heterocycles. The van der Waals surface area contributed by atoms with Crippen LogP contribution < -0.4 is 10.6 Å². The molecule has 0 fully saturated rings. The second-order valence-corrected chi connectivity index (χ2v) is 2.12. The van der Waals surface area contributed by atoms with E-state index in [-0.39, 0.29) is 18.1 Å². The Hall–Kier alpha value is -1.39. The van der Waals surface area contributed by atoms with Gasteiger partial charge < -0.3 is 10.6 Å². The molecule has 2 atom stereocenters. The fourth-order valence-corrected chi connectivity index (χ4v) is 0.975. The first-order valence-corrected chi connectivity index (χ1v) is 2.97. The molecule has 2 aliphatic rings. The molecule has 0 radical (unpaired) electrons. The van der Waals surface area contributed by atoms with Gasteiger partial charge in [0, 0.05) is 0 Å². The van der Waals surface area contributed by atoms with Gasteiger partial charge in [0.25, 0.3) is 5.91 Å². The second kappa shape index (κ2) is 1.80. The van der Waals surface area contributed by atoms with Crippen molar-refractivity contribution in [2.45, 2.75) is 12.2 Å². The third-order valence-corrected chi connectivity index (χ3v) is 1.50. The fraction of sp³-hybridized carbons (Fsp3) is 0.400. The van der Waals surface area contributed by atoms with Crippen LogP contribution in [-0.2, 0) is 4.79 Å². The molecule has 0 saturated heterocycles. The van der Waals surface area contributed by atoms with Crippen LogP contribution in [0.1, 0.15) is 0 Å². The molecule has 0 aromatic rings. The summed E-state index contributed by atoms with van der Waals surface area (Å²) < 4.78 is 0. The molecule has 5 heteroatoms. The summed E-state index contributed by atoms with van der Waals surface area (Å²) in [5.74, 6) is -0.0718. The van der Waals surface area contributed by atoms with Gasteiger partial charge in [-0.05, 0) is 0 Å². The van der Waals surface area contributed by atoms with Gasteiger partial charge in [-0.15, -0.1) is 0 Å². The van der Waals surface area contributed by atoms with Crippen molar-refractivity contribution >= 4 is 18.6 Å². The Labute approximate surface area is 57.2 Å². The molecule has 0 aromatic carbocycles. The zero-order valence-corrected chi connectivity index (χ0v) is 5.11. The standard InChI is InChI=1S/C5H6N4O/c10-5-3-4(7-1-6-3)8-2-9-5/h1-4H,(H,6,7)(H,8,9,10)/t3-,4-/m1/s1. The quantitative estimate of drug-likeness (QED) is 0.426. The lowest BCUT2D eigenvalue weighted by Gasteiger charge is -2.16. The lowest BCUT2D eigenvalue weighted by atomic mass is 10.2. The van der Waals surface area contributed by atoms with Crippen LogP contribution in [0.25, 0.3) is 0 Å². The van der Waals surface area contributed by atoms with Gasteiger partial charge in [-0.2, -0.15) is 0 Å². The largest absolute Gasteiger partial charge is 0.361 e. The van der Waals surface area contributed by atoms with E-state index in [1.807, 2.05) is 0 Å². The molecular weight excluding hydrogens is 132 g/mol. The van der Waals surface area contributed by atoms with E-state index in [9.17, 15) is 4.79 Å². The first-order valence-electron chi connectivity index (χ1n) is 2.97. The Morgan fingerprint density at radius 1 is 1.40 bits per heavy atom. The van der Waals surface area contributed by atoms with Crippen LogP contribution >= 0.6 is 0 Å². The van der Waals surface area contributed by atoms with Crippen LogP contribution in [0, 0.1) is 0 Å². The summed E-state index contributed by atoms with van der Waals surface area (Å²) >= 11 is 0. The average Bonchev–Trinajstić information content (AvgIpc) is 2.36. The Morgan fingerprint density at radius 2 is 2.20 bits per heavy atom. The van der Waals surface area contributed by atoms with Gasteiger partial charge in [0.15, 0.2) is 6.17 Å². The van der Waals surface area contributed by atoms with Crippen molar-refractivity contribution in [3.8, 4) is 0 Å². The number of carbonyl (C=O) groups excluding carboxylic acids is 1. The van der Waals surface area contributed by atoms with Gasteiger partial charge in [-0.3, -0.25) is 4.79 Å². The van der Waals surface area contributed by atoms with Crippen molar-refractivity contribution in [1.29, 1.82) is 0 Å². The molecule has 0 unspecified atom stereocenters. The molecular formula is C5H6N4O. The normalized spacial score (nSPS) is 35.0. The van der Waals surface area contributed by atoms with Crippen LogP contribution in [0.3, 0.4) is 0 Å². The minimum atomic E-state index is -0.287. The summed E-state index contributed by atoms with van der Waals surface area (Å²) in [6.45, 7) is 0. The molecule has 5 nitrogen and oxygen atoms in total. The van der Waals surface area contributed by atoms with Gasteiger partial charge >= 0.3 is 0 Å². The fourth-order valence-electron chi connectivity index (χ4n) is 0.975. The van der Waals surface area contributed by atoms with Crippen molar-refractivity contribution in [2.75, 3.05) is 0 Å². The molecule has 0 bridgehead atoms. The molecule has 10 heavy (non-hydrogen) atoms. The molecule has 1 amide bonds. The number of carbonyl (C=O) groups is 1. The Bertz CT molecular complexity index is 222. The molecule has 52 valence electrons. The van der Waals surface area contributed by atoms with Crippen molar-refractivity contribution in [1.82, 2.24) is 10.6 Å². The number of rotatable bonds is 0. The SMILES string of the molecule is O=C1NC=N[C@H]2N=CN[C@@H]12. The highest BCUT2D eigenvalue weighted by Gasteiger charge is 2.31. The highest BCUT2D eigenvalue weighted by Crippen LogP contribution is 2.07. The molecule has 2 rings (SSSR count). The van der Waals surface area contributed by atoms with Gasteiger partial charge in [0.1, 0.15) is 6.04 Å². The third-order valence-electron chi connectivity index (χ3n) is 1.50. The van der Waals surface area contributed by atoms with Crippen LogP contribution in [-0.4, -0.2) is 30.8 Å². The van der Waals surface area contributed by atoms with Gasteiger partial charge in [0.2, 0.25) is 0 Å². The molecule has 0 aromatic heterocycles. The lowest BCUT2D eigenvalue weighted by molar-refractivity contribution is -0.121. The smallest absolute Gasteiger partial charge is 0.251 e. The first-order chi connectivity index (χ1) is 4.88. The van der Waals surface area contributed by atoms with E-state index in [4.69, 9.17) is 0 Å². The molecule has 2 aliphatic heterocycles. The summed E-state index contributed by atoms with van der Waals surface area (Å²) in [5.41, 5.74) is 0. The predicted molar refractivity (Wildman–Crippen MR) is 35.8 cm³/mol. The van der Waals surface area contributed by atoms with E-state index in [1.54, 1.807) is 0 Å². The Kier molecular flexibility index (Phi) is 0.969. The van der Waals surface area contributed by atoms with Gasteiger partial charge in [-0.1, -0.05) is 0 Å². The molecule has 0 saturated carbocycles. The number of hydrogen-bond donors (Lipinski definition) is 2. The highest BCUT2D eigenvalue weighted by atomic mass is 16.2. The topological polar surface area (TPSA) is 65.8 Å². The van der Waals surface area contributed by atoms with Crippen LogP contribution in [0.2, 0.25) is 0 Å². The van der Waals surface area contributed by atoms with Crippen molar-refractivity contribution < 1.29 is 4.79 Å². The number of aliphatic imine (C=N–C) groups is 2. The van der Waals surface area contributed by atoms with E-state index in [0.717, 1.165) is 0 Å². The summed E-state index contributed by atoms with van der Waals surface area (Å²) in [4.78, 5) is 18.8. The summed E-state index contributed by atoms with van der Waals surface area (Å²) in [5, 5.41) is 5.27. The number of amides is 1. The number of hydrogen-bond acceptors (Lipinski definition) is 4. The van der Waals surface area contributed by atoms with Crippen molar-refractivity contribution in [3.05, 3.63) is 0 Å². The minimum Gasteiger partial charge on any atom is -0.361 e. The highest BCUT2D eigenvalue weighted by molar-refractivity contribution is 5.96. The monoisotopic (exact) mass is 138 g/mol. The predicted octanol–water partition coefficient (Wildman–Crippen LogP) is -1.53. The average molecular weight is 138 g/mol. The lowest BCUT2D eigenvalue weighted by Crippen LogP contribution is -2.48. The van der Waals surface area contributed by atoms with Crippen molar-refractivity contribution in [2.24, 2.45) is 9.98 Å². The summed E-state index contributed by atoms with van der Waals surface area (Å²) in [7, 11) is 0. The summed E-state index contributed by atoms with van der Waals surface area (Å²) in [6.07, 6.45) is 2.65. The molecule has 0 spiro atoms. The maximum absolute atomic E-state index is 10.9. The van der Waals surface area contributed by atoms with E-state index in [1.165, 1.54) is 12.7 Å². The van der Waals surface area contributed by atoms with Crippen LogP contribution in [0.15, 0.2) is 9.98 Å². The maximum atomic E-state index is 10.9. The number of fused-ring (bicyclic) bond motifs is 1. The summed E-state index contributed by atoms with van der Waals surface area (Å²) in [6, 6.07) is -0.287. The van der Waals surface area contributed by atoms with E-state index in [0.29, 0.717) is 0 Å². The third kappa shape index (κ3) is 0.601. The first kappa shape index (κ1) is 5.40. The number of nitrogens with zero attached hydrogens (tertiary/aromatic N) is 2. The van der Waals surface area contributed by atoms with E-state index in [2.05, 4.69) is 20.6 Å². The zero-order chi connectivity index (χ0) is 6.97. The Morgan fingerprint density at radius 3 is 3.00 bits per heavy atom. The minimum absolute atomic E-state index is 0.0718. The van der Waals surface area contributed by atoms with E-state index < -0.39 is 0 Å².